The summed E-state index contributed by atoms with van der Waals surface area (Å²) in [5, 5.41) is 16.0. The van der Waals surface area contributed by atoms with Crippen LogP contribution in [0.15, 0.2) is 406 Å². The zero-order valence-electron chi connectivity index (χ0n) is 64.8. The van der Waals surface area contributed by atoms with Gasteiger partial charge in [-0.1, -0.05) is 296 Å². The van der Waals surface area contributed by atoms with Crippen LogP contribution in [0.4, 0.5) is 0 Å². The van der Waals surface area contributed by atoms with Gasteiger partial charge in [-0.2, -0.15) is 0 Å². The van der Waals surface area contributed by atoms with Crippen LogP contribution in [0.25, 0.3) is 163 Å². The van der Waals surface area contributed by atoms with E-state index >= 15 is 0 Å². The van der Waals surface area contributed by atoms with E-state index in [4.69, 9.17) is 0 Å². The molecule has 0 bridgehead atoms. The smallest absolute Gasteiger partial charge is 0.0570 e. The van der Waals surface area contributed by atoms with Gasteiger partial charge in [-0.15, -0.1) is 11.3 Å². The van der Waals surface area contributed by atoms with Gasteiger partial charge in [-0.25, -0.2) is 0 Å². The summed E-state index contributed by atoms with van der Waals surface area (Å²) in [7, 11) is 2.12. The lowest BCUT2D eigenvalue weighted by Crippen LogP contribution is -1.94. The molecule has 0 saturated heterocycles. The Labute approximate surface area is 668 Å². The molecule has 0 radical (unpaired) electrons. The predicted molar refractivity (Wildman–Crippen MR) is 492 cm³/mol. The van der Waals surface area contributed by atoms with Crippen LogP contribution in [0.1, 0.15) is 27.8 Å². The maximum absolute atomic E-state index is 2.36. The number of fused-ring (bicyclic) bond motifs is 18. The van der Waals surface area contributed by atoms with Crippen LogP contribution < -0.4 is 0 Å². The monoisotopic (exact) mass is 1480 g/mol. The van der Waals surface area contributed by atoms with Crippen LogP contribution in [-0.4, -0.2) is 22.8 Å². The Balaban J connectivity index is 0.0000000954. The fraction of sp³-hybridized carbons (Fsp3) is 0.0556. The van der Waals surface area contributed by atoms with E-state index in [0.29, 0.717) is 0 Å². The normalized spacial score (nSPS) is 11.2. The van der Waals surface area contributed by atoms with Crippen molar-refractivity contribution >= 4 is 141 Å². The van der Waals surface area contributed by atoms with Gasteiger partial charge in [0.05, 0.1) is 44.1 Å². The van der Waals surface area contributed by atoms with Crippen molar-refractivity contribution in [1.29, 1.82) is 0 Å². The maximum atomic E-state index is 2.36. The minimum absolute atomic E-state index is 1.21. The van der Waals surface area contributed by atoms with Gasteiger partial charge < -0.3 is 22.8 Å². The van der Waals surface area contributed by atoms with E-state index in [9.17, 15) is 0 Å². The van der Waals surface area contributed by atoms with E-state index in [1.165, 1.54) is 191 Å². The first-order chi connectivity index (χ1) is 56.1. The number of aryl methyl sites for hydroxylation is 6. The third kappa shape index (κ3) is 13.4. The highest BCUT2D eigenvalue weighted by Crippen LogP contribution is 2.42. The fourth-order valence-corrected chi connectivity index (χ4v) is 18.0. The van der Waals surface area contributed by atoms with Gasteiger partial charge in [0.25, 0.3) is 0 Å². The molecule has 548 valence electrons. The van der Waals surface area contributed by atoms with E-state index in [0.717, 1.165) is 0 Å². The number of hydrogen-bond acceptors (Lipinski definition) is 1. The summed E-state index contributed by atoms with van der Waals surface area (Å²) in [6, 6.07) is 144. The molecule has 0 unspecified atom stereocenters. The van der Waals surface area contributed by atoms with Crippen LogP contribution in [-0.2, 0) is 7.05 Å². The van der Waals surface area contributed by atoms with Crippen molar-refractivity contribution in [3.63, 3.8) is 0 Å². The largest absolute Gasteiger partial charge is 0.344 e. The van der Waals surface area contributed by atoms with Gasteiger partial charge in [0.2, 0.25) is 0 Å². The molecule has 17 aromatic carbocycles. The molecule has 6 heterocycles. The van der Waals surface area contributed by atoms with Gasteiger partial charge in [-0.05, 0) is 184 Å². The van der Waals surface area contributed by atoms with Crippen LogP contribution in [0.5, 0.6) is 0 Å². The first-order valence-electron chi connectivity index (χ1n) is 39.2. The zero-order chi connectivity index (χ0) is 77.2. The standard InChI is InChI=1S/4C19H15N.C19H14S.C13H11N/c1-14-10-12-15(13-11-14)20-18-8-4-2-6-16(18)17-7-3-5-9-19(17)20;1-14-8-7-12-17-16-11-5-6-13-18(16)20(19(14)17)15-9-3-2-4-10-15;1-14-8-7-13-18-19(14)16-11-5-6-12-17(16)20(18)15-9-3-2-4-10-15;1-14-11-12-19-17(13-14)16-9-5-6-10-18(16)20(19)15-7-3-2-4-8-15;1-13-7-2-3-8-14(13)15-10-6-12-18-19(15)16-9-4-5-11-17(16)20-18;1-14-12-8-4-2-6-10(12)11-7-3-5-9-13(11)14/h4*2-13H,1H3;2-12H,1H3;2-9H,1H3. The van der Waals surface area contributed by atoms with Crippen molar-refractivity contribution < 1.29 is 0 Å². The van der Waals surface area contributed by atoms with Crippen LogP contribution >= 0.6 is 11.3 Å². The SMILES string of the molecule is Cc1ccc(-n2c3ccccc3c3ccccc32)cc1.Cc1ccc2c(c1)c1ccccc1n2-c1ccccc1.Cc1cccc2c1c1ccccc1n2-c1ccccc1.Cc1cccc2c3ccccc3n(-c3ccccc3)c12.Cc1ccccc1-c1cccc2sc3ccccc3c12.Cn1c2ccccc2c2ccccc21. The first-order valence-corrected chi connectivity index (χ1v) is 40.0. The lowest BCUT2D eigenvalue weighted by molar-refractivity contribution is 1.01. The Morgan fingerprint density at radius 3 is 1.08 bits per heavy atom. The van der Waals surface area contributed by atoms with E-state index in [1.54, 1.807) is 0 Å². The number of aromatic nitrogens is 5. The number of rotatable bonds is 5. The van der Waals surface area contributed by atoms with Crippen LogP contribution in [0.2, 0.25) is 0 Å². The summed E-state index contributed by atoms with van der Waals surface area (Å²) in [5.74, 6) is 0. The Morgan fingerprint density at radius 2 is 0.526 bits per heavy atom. The number of thiophene rings is 1. The molecule has 23 rings (SSSR count). The molecule has 0 aliphatic carbocycles. The molecule has 0 spiro atoms. The number of hydrogen-bond donors (Lipinski definition) is 0. The number of nitrogens with zero attached hydrogens (tertiary/aromatic N) is 5. The molecule has 0 aliphatic rings. The molecular weight excluding hydrogens is 1400 g/mol. The summed E-state index contributed by atoms with van der Waals surface area (Å²) in [6.07, 6.45) is 0. The van der Waals surface area contributed by atoms with Gasteiger partial charge in [0.15, 0.2) is 0 Å². The van der Waals surface area contributed by atoms with Crippen molar-refractivity contribution in [3.05, 3.63) is 434 Å². The molecule has 0 atom stereocenters. The predicted octanol–water partition coefficient (Wildman–Crippen LogP) is 29.7. The molecule has 5 nitrogen and oxygen atoms in total. The van der Waals surface area contributed by atoms with E-state index < -0.39 is 0 Å². The lowest BCUT2D eigenvalue weighted by Gasteiger charge is -2.08. The molecule has 0 fully saturated rings. The van der Waals surface area contributed by atoms with Gasteiger partial charge in [0.1, 0.15) is 0 Å². The van der Waals surface area contributed by atoms with Gasteiger partial charge >= 0.3 is 0 Å². The third-order valence-corrected chi connectivity index (χ3v) is 23.3. The molecular formula is C108H85N5S. The van der Waals surface area contributed by atoms with Crippen LogP contribution in [0, 0.1) is 34.6 Å². The van der Waals surface area contributed by atoms with E-state index in [2.05, 4.69) is 471 Å². The summed E-state index contributed by atoms with van der Waals surface area (Å²) in [5.41, 5.74) is 26.9. The van der Waals surface area contributed by atoms with Gasteiger partial charge in [0, 0.05) is 115 Å². The second-order valence-electron chi connectivity index (χ2n) is 29.4. The van der Waals surface area contributed by atoms with E-state index in [1.807, 2.05) is 11.3 Å². The Kier molecular flexibility index (Phi) is 19.7. The maximum Gasteiger partial charge on any atom is 0.0570 e. The van der Waals surface area contributed by atoms with Crippen LogP contribution in [0.3, 0.4) is 0 Å². The highest BCUT2D eigenvalue weighted by Gasteiger charge is 2.18. The zero-order valence-corrected chi connectivity index (χ0v) is 65.6. The second-order valence-corrected chi connectivity index (χ2v) is 30.5. The lowest BCUT2D eigenvalue weighted by atomic mass is 9.96. The molecule has 6 aromatic heterocycles. The fourth-order valence-electron chi connectivity index (χ4n) is 16.9. The average molecular weight is 1480 g/mol. The molecule has 0 N–H and O–H groups in total. The number of para-hydroxylation sites is 11. The highest BCUT2D eigenvalue weighted by molar-refractivity contribution is 7.26. The summed E-state index contributed by atoms with van der Waals surface area (Å²) >= 11 is 1.88. The second kappa shape index (κ2) is 31.4. The minimum atomic E-state index is 1.21. The van der Waals surface area contributed by atoms with E-state index in [-0.39, 0.29) is 0 Å². The molecule has 0 amide bonds. The summed E-state index contributed by atoms with van der Waals surface area (Å²) in [4.78, 5) is 0. The minimum Gasteiger partial charge on any atom is -0.344 e. The van der Waals surface area contributed by atoms with Crippen molar-refractivity contribution in [2.75, 3.05) is 0 Å². The molecule has 6 heteroatoms. The van der Waals surface area contributed by atoms with Crippen molar-refractivity contribution in [3.8, 4) is 33.9 Å². The molecule has 114 heavy (non-hydrogen) atoms. The summed E-state index contributed by atoms with van der Waals surface area (Å²) in [6.45, 7) is 10.8. The molecule has 0 aliphatic heterocycles. The number of benzene rings is 17. The quantitative estimate of drug-likeness (QED) is 0.164. The summed E-state index contributed by atoms with van der Waals surface area (Å²) < 4.78 is 14.4. The van der Waals surface area contributed by atoms with Gasteiger partial charge in [-0.3, -0.25) is 0 Å². The van der Waals surface area contributed by atoms with Crippen molar-refractivity contribution in [2.45, 2.75) is 34.6 Å². The highest BCUT2D eigenvalue weighted by atomic mass is 32.1. The molecule has 0 saturated carbocycles. The molecule has 23 aromatic rings. The average Bonchev–Trinajstić information content (AvgIpc) is 1.70. The Bertz CT molecular complexity index is 7290. The van der Waals surface area contributed by atoms with Crippen molar-refractivity contribution in [1.82, 2.24) is 22.8 Å². The van der Waals surface area contributed by atoms with Crippen molar-refractivity contribution in [2.24, 2.45) is 7.05 Å². The third-order valence-electron chi connectivity index (χ3n) is 22.2. The first kappa shape index (κ1) is 71.6. The topological polar surface area (TPSA) is 24.6 Å². The Hall–Kier alpha value is -14.0. The Morgan fingerprint density at radius 1 is 0.193 bits per heavy atom.